The molecular weight excluding hydrogens is 278 g/mol. The number of non-ortho nitro benzene ring substituents is 1. The average molecular weight is 288 g/mol. The van der Waals surface area contributed by atoms with Crippen LogP contribution in [0.5, 0.6) is 0 Å². The van der Waals surface area contributed by atoms with Gasteiger partial charge in [0.1, 0.15) is 5.65 Å². The zero-order valence-corrected chi connectivity index (χ0v) is 11.3. The molecular formula is C14H10ClN3O2. The Balaban J connectivity index is 2.17. The Labute approximate surface area is 119 Å². The summed E-state index contributed by atoms with van der Waals surface area (Å²) in [4.78, 5) is 14.9. The van der Waals surface area contributed by atoms with E-state index in [1.54, 1.807) is 18.3 Å². The number of imidazole rings is 1. The third kappa shape index (κ3) is 2.12. The summed E-state index contributed by atoms with van der Waals surface area (Å²) in [7, 11) is 0. The van der Waals surface area contributed by atoms with Crippen molar-refractivity contribution in [3.63, 3.8) is 0 Å². The average Bonchev–Trinajstić information content (AvgIpc) is 2.83. The molecule has 0 aliphatic carbocycles. The van der Waals surface area contributed by atoms with Crippen LogP contribution >= 0.6 is 11.6 Å². The number of aryl methyl sites for hydroxylation is 1. The minimum atomic E-state index is -0.415. The van der Waals surface area contributed by atoms with Gasteiger partial charge < -0.3 is 4.40 Å². The number of hydrogen-bond acceptors (Lipinski definition) is 3. The fourth-order valence-electron chi connectivity index (χ4n) is 2.14. The number of rotatable bonds is 2. The van der Waals surface area contributed by atoms with Crippen LogP contribution in [0.2, 0.25) is 5.02 Å². The van der Waals surface area contributed by atoms with Crippen molar-refractivity contribution < 1.29 is 4.92 Å². The first-order chi connectivity index (χ1) is 9.54. The van der Waals surface area contributed by atoms with Gasteiger partial charge in [0, 0.05) is 30.1 Å². The van der Waals surface area contributed by atoms with Crippen LogP contribution in [-0.4, -0.2) is 14.3 Å². The SMILES string of the molecule is Cc1cc(Cl)cn2cc(-c3cccc([N+](=O)[O-])c3)nc12. The molecule has 0 spiro atoms. The van der Waals surface area contributed by atoms with E-state index in [-0.39, 0.29) is 5.69 Å². The maximum absolute atomic E-state index is 10.8. The first-order valence-corrected chi connectivity index (χ1v) is 6.32. The van der Waals surface area contributed by atoms with Crippen molar-refractivity contribution in [1.82, 2.24) is 9.38 Å². The molecule has 100 valence electrons. The number of nitro groups is 1. The Morgan fingerprint density at radius 1 is 1.30 bits per heavy atom. The molecule has 3 aromatic rings. The lowest BCUT2D eigenvalue weighted by Gasteiger charge is -1.97. The molecule has 20 heavy (non-hydrogen) atoms. The number of hydrogen-bond donors (Lipinski definition) is 0. The van der Waals surface area contributed by atoms with Gasteiger partial charge in [-0.3, -0.25) is 10.1 Å². The number of nitro benzene ring substituents is 1. The molecule has 2 aromatic heterocycles. The van der Waals surface area contributed by atoms with E-state index in [2.05, 4.69) is 4.98 Å². The first-order valence-electron chi connectivity index (χ1n) is 5.94. The molecule has 0 atom stereocenters. The predicted molar refractivity (Wildman–Crippen MR) is 77.0 cm³/mol. The number of fused-ring (bicyclic) bond motifs is 1. The second kappa shape index (κ2) is 4.61. The van der Waals surface area contributed by atoms with Crippen molar-refractivity contribution in [1.29, 1.82) is 0 Å². The summed E-state index contributed by atoms with van der Waals surface area (Å²) in [6.45, 7) is 1.92. The summed E-state index contributed by atoms with van der Waals surface area (Å²) in [5.41, 5.74) is 3.18. The van der Waals surface area contributed by atoms with E-state index >= 15 is 0 Å². The molecule has 0 amide bonds. The van der Waals surface area contributed by atoms with Gasteiger partial charge in [-0.2, -0.15) is 0 Å². The highest BCUT2D eigenvalue weighted by molar-refractivity contribution is 6.30. The van der Waals surface area contributed by atoms with E-state index in [1.165, 1.54) is 12.1 Å². The Morgan fingerprint density at radius 3 is 2.85 bits per heavy atom. The second-order valence-corrected chi connectivity index (χ2v) is 4.94. The summed E-state index contributed by atoms with van der Waals surface area (Å²) < 4.78 is 1.83. The van der Waals surface area contributed by atoms with Gasteiger partial charge in [0.2, 0.25) is 0 Å². The van der Waals surface area contributed by atoms with Crippen LogP contribution in [0.15, 0.2) is 42.7 Å². The maximum Gasteiger partial charge on any atom is 0.270 e. The normalized spacial score (nSPS) is 10.9. The number of aromatic nitrogens is 2. The first kappa shape index (κ1) is 12.6. The van der Waals surface area contributed by atoms with Crippen LogP contribution in [-0.2, 0) is 0 Å². The van der Waals surface area contributed by atoms with Gasteiger partial charge in [0.15, 0.2) is 0 Å². The van der Waals surface area contributed by atoms with Crippen molar-refractivity contribution in [2.45, 2.75) is 6.92 Å². The molecule has 3 rings (SSSR count). The molecule has 1 aromatic carbocycles. The van der Waals surface area contributed by atoms with E-state index in [0.29, 0.717) is 16.3 Å². The molecule has 0 radical (unpaired) electrons. The summed E-state index contributed by atoms with van der Waals surface area (Å²) >= 11 is 6.01. The van der Waals surface area contributed by atoms with Gasteiger partial charge in [0.05, 0.1) is 15.6 Å². The van der Waals surface area contributed by atoms with E-state index < -0.39 is 4.92 Å². The monoisotopic (exact) mass is 287 g/mol. The summed E-state index contributed by atoms with van der Waals surface area (Å²) in [6, 6.07) is 8.25. The zero-order valence-electron chi connectivity index (χ0n) is 10.6. The van der Waals surface area contributed by atoms with Crippen LogP contribution in [0, 0.1) is 17.0 Å². The number of benzene rings is 1. The molecule has 0 aliphatic rings. The lowest BCUT2D eigenvalue weighted by molar-refractivity contribution is -0.384. The molecule has 0 N–H and O–H groups in total. The minimum absolute atomic E-state index is 0.0503. The van der Waals surface area contributed by atoms with Gasteiger partial charge in [0.25, 0.3) is 5.69 Å². The van der Waals surface area contributed by atoms with E-state index in [4.69, 9.17) is 11.6 Å². The number of nitrogens with zero attached hydrogens (tertiary/aromatic N) is 3. The van der Waals surface area contributed by atoms with Crippen LogP contribution in [0.4, 0.5) is 5.69 Å². The Kier molecular flexibility index (Phi) is 2.91. The zero-order chi connectivity index (χ0) is 14.3. The molecule has 0 saturated carbocycles. The van der Waals surface area contributed by atoms with E-state index in [1.807, 2.05) is 23.6 Å². The standard InChI is InChI=1S/C14H10ClN3O2/c1-9-5-11(15)7-17-8-13(16-14(9)17)10-3-2-4-12(6-10)18(19)20/h2-8H,1H3. The van der Waals surface area contributed by atoms with E-state index in [9.17, 15) is 10.1 Å². The molecule has 0 saturated heterocycles. The molecule has 2 heterocycles. The minimum Gasteiger partial charge on any atom is -0.305 e. The maximum atomic E-state index is 10.8. The van der Waals surface area contributed by atoms with Gasteiger partial charge >= 0.3 is 0 Å². The van der Waals surface area contributed by atoms with Crippen LogP contribution in [0.1, 0.15) is 5.56 Å². The quantitative estimate of drug-likeness (QED) is 0.531. The van der Waals surface area contributed by atoms with E-state index in [0.717, 1.165) is 11.2 Å². The second-order valence-electron chi connectivity index (χ2n) is 4.51. The van der Waals surface area contributed by atoms with Crippen molar-refractivity contribution in [2.24, 2.45) is 0 Å². The number of pyridine rings is 1. The smallest absolute Gasteiger partial charge is 0.270 e. The lowest BCUT2D eigenvalue weighted by Crippen LogP contribution is -1.88. The summed E-state index contributed by atoms with van der Waals surface area (Å²) in [5, 5.41) is 11.4. The predicted octanol–water partition coefficient (Wildman–Crippen LogP) is 3.87. The van der Waals surface area contributed by atoms with Crippen LogP contribution in [0.25, 0.3) is 16.9 Å². The van der Waals surface area contributed by atoms with Gasteiger partial charge in [-0.05, 0) is 18.6 Å². The van der Waals surface area contributed by atoms with Crippen molar-refractivity contribution in [2.75, 3.05) is 0 Å². The highest BCUT2D eigenvalue weighted by Crippen LogP contribution is 2.25. The van der Waals surface area contributed by atoms with Gasteiger partial charge in [-0.1, -0.05) is 23.7 Å². The fourth-order valence-corrected chi connectivity index (χ4v) is 2.41. The van der Waals surface area contributed by atoms with Gasteiger partial charge in [-0.15, -0.1) is 0 Å². The van der Waals surface area contributed by atoms with Crippen LogP contribution in [0.3, 0.4) is 0 Å². The van der Waals surface area contributed by atoms with Gasteiger partial charge in [-0.25, -0.2) is 4.98 Å². The topological polar surface area (TPSA) is 60.4 Å². The molecule has 6 heteroatoms. The highest BCUT2D eigenvalue weighted by atomic mass is 35.5. The lowest BCUT2D eigenvalue weighted by atomic mass is 10.1. The number of halogens is 1. The Morgan fingerprint density at radius 2 is 2.10 bits per heavy atom. The molecule has 0 fully saturated rings. The summed E-state index contributed by atoms with van der Waals surface area (Å²) in [5.74, 6) is 0. The van der Waals surface area contributed by atoms with Crippen molar-refractivity contribution in [3.05, 3.63) is 63.4 Å². The Bertz CT molecular complexity index is 826. The largest absolute Gasteiger partial charge is 0.305 e. The third-order valence-electron chi connectivity index (χ3n) is 3.05. The van der Waals surface area contributed by atoms with Crippen LogP contribution < -0.4 is 0 Å². The Hall–Kier alpha value is -2.40. The van der Waals surface area contributed by atoms with Crippen molar-refractivity contribution >= 4 is 22.9 Å². The molecule has 5 nitrogen and oxygen atoms in total. The molecule has 0 aliphatic heterocycles. The van der Waals surface area contributed by atoms with Crippen molar-refractivity contribution in [3.8, 4) is 11.3 Å². The molecule has 0 bridgehead atoms. The third-order valence-corrected chi connectivity index (χ3v) is 3.26. The molecule has 0 unspecified atom stereocenters. The fraction of sp³-hybridized carbons (Fsp3) is 0.0714. The summed E-state index contributed by atoms with van der Waals surface area (Å²) in [6.07, 6.45) is 3.57. The highest BCUT2D eigenvalue weighted by Gasteiger charge is 2.11.